The molecule has 14 heavy (non-hydrogen) atoms. The van der Waals surface area contributed by atoms with Crippen molar-refractivity contribution in [3.05, 3.63) is 35.5 Å². The quantitative estimate of drug-likeness (QED) is 0.660. The Labute approximate surface area is 80.0 Å². The van der Waals surface area contributed by atoms with Gasteiger partial charge in [0, 0.05) is 6.21 Å². The molecule has 4 nitrogen and oxygen atoms in total. The Hall–Kier alpha value is -1.97. The zero-order valence-electron chi connectivity index (χ0n) is 7.18. The van der Waals surface area contributed by atoms with E-state index in [4.69, 9.17) is 5.11 Å². The van der Waals surface area contributed by atoms with Crippen LogP contribution in [-0.4, -0.2) is 23.2 Å². The SMILES string of the molecule is O=C(O)C1=CC=CC2=CC=NC(=O)C21. The summed E-state index contributed by atoms with van der Waals surface area (Å²) in [6, 6.07) is 0. The molecule has 1 atom stereocenters. The van der Waals surface area contributed by atoms with Crippen molar-refractivity contribution in [2.45, 2.75) is 0 Å². The van der Waals surface area contributed by atoms with Gasteiger partial charge in [0.2, 0.25) is 0 Å². The predicted octanol–water partition coefficient (Wildman–Crippen LogP) is 0.721. The number of rotatable bonds is 1. The summed E-state index contributed by atoms with van der Waals surface area (Å²) in [5, 5.41) is 8.86. The summed E-state index contributed by atoms with van der Waals surface area (Å²) in [6.45, 7) is 0. The normalized spacial score (nSPS) is 24.0. The summed E-state index contributed by atoms with van der Waals surface area (Å²) >= 11 is 0. The fourth-order valence-electron chi connectivity index (χ4n) is 1.53. The Kier molecular flexibility index (Phi) is 1.89. The molecule has 0 bridgehead atoms. The lowest BCUT2D eigenvalue weighted by Crippen LogP contribution is -2.25. The molecular formula is C10H7NO3. The number of nitrogens with zero attached hydrogens (tertiary/aromatic N) is 1. The van der Waals surface area contributed by atoms with Crippen molar-refractivity contribution in [3.8, 4) is 0 Å². The van der Waals surface area contributed by atoms with Gasteiger partial charge in [0.25, 0.3) is 5.91 Å². The first-order chi connectivity index (χ1) is 6.70. The molecule has 1 aliphatic carbocycles. The largest absolute Gasteiger partial charge is 0.478 e. The Morgan fingerprint density at radius 2 is 2.21 bits per heavy atom. The van der Waals surface area contributed by atoms with Gasteiger partial charge in [0.15, 0.2) is 0 Å². The second-order valence-electron chi connectivity index (χ2n) is 3.00. The van der Waals surface area contributed by atoms with E-state index in [1.165, 1.54) is 12.3 Å². The van der Waals surface area contributed by atoms with E-state index < -0.39 is 17.8 Å². The summed E-state index contributed by atoms with van der Waals surface area (Å²) in [7, 11) is 0. The standard InChI is InChI=1S/C10H7NO3/c12-9-8-6(4-5-11-9)2-1-3-7(8)10(13)14/h1-5,8H,(H,13,14). The van der Waals surface area contributed by atoms with Crippen LogP contribution in [-0.2, 0) is 9.59 Å². The number of carboxylic acids is 1. The molecule has 0 saturated carbocycles. The Morgan fingerprint density at radius 1 is 1.43 bits per heavy atom. The molecule has 0 aromatic heterocycles. The van der Waals surface area contributed by atoms with Crippen LogP contribution in [0.1, 0.15) is 0 Å². The van der Waals surface area contributed by atoms with Gasteiger partial charge in [0.05, 0.1) is 11.5 Å². The van der Waals surface area contributed by atoms with Gasteiger partial charge in [-0.05, 0) is 11.6 Å². The second-order valence-corrected chi connectivity index (χ2v) is 3.00. The summed E-state index contributed by atoms with van der Waals surface area (Å²) in [5.74, 6) is -2.21. The molecular weight excluding hydrogens is 182 g/mol. The van der Waals surface area contributed by atoms with Crippen molar-refractivity contribution in [3.63, 3.8) is 0 Å². The minimum absolute atomic E-state index is 0.0839. The van der Waals surface area contributed by atoms with Gasteiger partial charge in [0.1, 0.15) is 0 Å². The highest BCUT2D eigenvalue weighted by Gasteiger charge is 2.32. The third-order valence-electron chi connectivity index (χ3n) is 2.17. The van der Waals surface area contributed by atoms with Gasteiger partial charge in [-0.3, -0.25) is 4.79 Å². The highest BCUT2D eigenvalue weighted by Crippen LogP contribution is 2.28. The predicted molar refractivity (Wildman–Crippen MR) is 49.9 cm³/mol. The average molecular weight is 189 g/mol. The summed E-state index contributed by atoms with van der Waals surface area (Å²) in [4.78, 5) is 25.8. The molecule has 70 valence electrons. The Morgan fingerprint density at radius 3 is 2.93 bits per heavy atom. The van der Waals surface area contributed by atoms with E-state index in [9.17, 15) is 9.59 Å². The van der Waals surface area contributed by atoms with Crippen LogP contribution in [0.15, 0.2) is 40.4 Å². The first kappa shape index (κ1) is 8.62. The van der Waals surface area contributed by atoms with E-state index in [1.807, 2.05) is 0 Å². The number of aliphatic carboxylic acids is 1. The van der Waals surface area contributed by atoms with Gasteiger partial charge in [-0.2, -0.15) is 0 Å². The minimum atomic E-state index is -1.07. The van der Waals surface area contributed by atoms with E-state index in [1.54, 1.807) is 18.2 Å². The molecule has 0 fully saturated rings. The molecule has 2 aliphatic rings. The minimum Gasteiger partial charge on any atom is -0.478 e. The molecule has 1 N–H and O–H groups in total. The van der Waals surface area contributed by atoms with Crippen LogP contribution >= 0.6 is 0 Å². The van der Waals surface area contributed by atoms with Crippen molar-refractivity contribution in [2.24, 2.45) is 10.9 Å². The third-order valence-corrected chi connectivity index (χ3v) is 2.17. The first-order valence-electron chi connectivity index (χ1n) is 4.10. The fraction of sp³-hybridized carbons (Fsp3) is 0.100. The zero-order valence-corrected chi connectivity index (χ0v) is 7.18. The Balaban J connectivity index is 2.48. The smallest absolute Gasteiger partial charge is 0.332 e. The lowest BCUT2D eigenvalue weighted by molar-refractivity contribution is -0.134. The molecule has 0 radical (unpaired) electrons. The number of carboxylic acid groups (broad SMARTS) is 1. The molecule has 1 aliphatic heterocycles. The van der Waals surface area contributed by atoms with E-state index in [-0.39, 0.29) is 5.57 Å². The van der Waals surface area contributed by atoms with Gasteiger partial charge in [-0.15, -0.1) is 0 Å². The zero-order chi connectivity index (χ0) is 10.1. The maximum absolute atomic E-state index is 11.4. The molecule has 1 heterocycles. The van der Waals surface area contributed by atoms with E-state index in [0.29, 0.717) is 5.57 Å². The number of fused-ring (bicyclic) bond motifs is 1. The number of aliphatic imine (C=N–C) groups is 1. The van der Waals surface area contributed by atoms with Gasteiger partial charge < -0.3 is 5.11 Å². The van der Waals surface area contributed by atoms with Crippen molar-refractivity contribution in [1.82, 2.24) is 0 Å². The maximum Gasteiger partial charge on any atom is 0.332 e. The molecule has 0 aromatic carbocycles. The average Bonchev–Trinajstić information content (AvgIpc) is 2.17. The highest BCUT2D eigenvalue weighted by atomic mass is 16.4. The van der Waals surface area contributed by atoms with E-state index >= 15 is 0 Å². The monoisotopic (exact) mass is 189 g/mol. The lowest BCUT2D eigenvalue weighted by Gasteiger charge is -2.20. The maximum atomic E-state index is 11.4. The van der Waals surface area contributed by atoms with Crippen molar-refractivity contribution in [2.75, 3.05) is 0 Å². The first-order valence-corrected chi connectivity index (χ1v) is 4.10. The number of amides is 1. The van der Waals surface area contributed by atoms with Crippen LogP contribution < -0.4 is 0 Å². The number of carbonyl (C=O) groups is 2. The lowest BCUT2D eigenvalue weighted by atomic mass is 9.85. The molecule has 0 spiro atoms. The van der Waals surface area contributed by atoms with Crippen LogP contribution in [0.25, 0.3) is 0 Å². The number of carbonyl (C=O) groups excluding carboxylic acids is 1. The van der Waals surface area contributed by atoms with Gasteiger partial charge >= 0.3 is 5.97 Å². The molecule has 0 saturated heterocycles. The molecule has 1 unspecified atom stereocenters. The van der Waals surface area contributed by atoms with Crippen molar-refractivity contribution in [1.29, 1.82) is 0 Å². The number of dihydropyridines is 1. The second kappa shape index (κ2) is 3.06. The van der Waals surface area contributed by atoms with Gasteiger partial charge in [-0.25, -0.2) is 9.79 Å². The van der Waals surface area contributed by atoms with Crippen molar-refractivity contribution < 1.29 is 14.7 Å². The van der Waals surface area contributed by atoms with Crippen LogP contribution in [0, 0.1) is 5.92 Å². The number of allylic oxidation sites excluding steroid dienone is 4. The highest BCUT2D eigenvalue weighted by molar-refractivity contribution is 6.04. The van der Waals surface area contributed by atoms with Crippen LogP contribution in [0.2, 0.25) is 0 Å². The van der Waals surface area contributed by atoms with Crippen molar-refractivity contribution >= 4 is 18.1 Å². The molecule has 2 rings (SSSR count). The topological polar surface area (TPSA) is 66.7 Å². The van der Waals surface area contributed by atoms with Crippen LogP contribution in [0.3, 0.4) is 0 Å². The molecule has 0 aromatic rings. The van der Waals surface area contributed by atoms with Crippen LogP contribution in [0.4, 0.5) is 0 Å². The Bertz CT molecular complexity index is 427. The van der Waals surface area contributed by atoms with E-state index in [0.717, 1.165) is 0 Å². The molecule has 4 heteroatoms. The number of hydrogen-bond donors (Lipinski definition) is 1. The summed E-state index contributed by atoms with van der Waals surface area (Å²) in [5.41, 5.74) is 0.769. The fourth-order valence-corrected chi connectivity index (χ4v) is 1.53. The van der Waals surface area contributed by atoms with E-state index in [2.05, 4.69) is 4.99 Å². The molecule has 1 amide bonds. The summed E-state index contributed by atoms with van der Waals surface area (Å²) < 4.78 is 0. The third kappa shape index (κ3) is 1.21. The van der Waals surface area contributed by atoms with Gasteiger partial charge in [-0.1, -0.05) is 18.2 Å². The van der Waals surface area contributed by atoms with Crippen LogP contribution in [0.5, 0.6) is 0 Å². The number of hydrogen-bond acceptors (Lipinski definition) is 2. The summed E-state index contributed by atoms with van der Waals surface area (Å²) in [6.07, 6.45) is 7.82.